The molecule has 1 aromatic carbocycles. The molecule has 0 saturated heterocycles. The molecule has 0 bridgehead atoms. The maximum absolute atomic E-state index is 12.6. The van der Waals surface area contributed by atoms with Crippen LogP contribution in [0.1, 0.15) is 12.5 Å². The zero-order chi connectivity index (χ0) is 11.3. The summed E-state index contributed by atoms with van der Waals surface area (Å²) >= 11 is 3.33. The van der Waals surface area contributed by atoms with E-state index in [4.69, 9.17) is 0 Å². The molecule has 0 aliphatic heterocycles. The van der Waals surface area contributed by atoms with Crippen LogP contribution >= 0.6 is 15.9 Å². The van der Waals surface area contributed by atoms with Crippen molar-refractivity contribution in [2.75, 3.05) is 6.54 Å². The van der Waals surface area contributed by atoms with Crippen LogP contribution < -0.4 is 5.32 Å². The second-order valence-electron chi connectivity index (χ2n) is 3.39. The zero-order valence-corrected chi connectivity index (χ0v) is 10.1. The Morgan fingerprint density at radius 2 is 2.07 bits per heavy atom. The molecule has 1 N–H and O–H groups in total. The molecule has 0 heterocycles. The molecule has 0 aliphatic rings. The van der Waals surface area contributed by atoms with E-state index in [2.05, 4.69) is 21.2 Å². The summed E-state index contributed by atoms with van der Waals surface area (Å²) in [5.74, 6) is -0.332. The summed E-state index contributed by atoms with van der Waals surface area (Å²) in [6, 6.07) is 5.95. The van der Waals surface area contributed by atoms with Gasteiger partial charge in [0.1, 0.15) is 5.82 Å². The Kier molecular flexibility index (Phi) is 4.75. The third-order valence-electron chi connectivity index (χ3n) is 1.86. The Morgan fingerprint density at radius 1 is 1.47 bits per heavy atom. The first-order valence-electron chi connectivity index (χ1n) is 4.73. The van der Waals surface area contributed by atoms with Gasteiger partial charge in [-0.15, -0.1) is 0 Å². The standard InChI is InChI=1S/C11H13BrFNO/c1-8(12)7-14-11(15)6-9-2-4-10(13)5-3-9/h2-5,8H,6-7H2,1H3,(H,14,15). The predicted octanol–water partition coefficient (Wildman–Crippen LogP) is 2.27. The van der Waals surface area contributed by atoms with E-state index in [1.165, 1.54) is 12.1 Å². The van der Waals surface area contributed by atoms with Crippen molar-refractivity contribution in [3.8, 4) is 0 Å². The molecule has 1 aromatic rings. The second-order valence-corrected chi connectivity index (χ2v) is 4.95. The SMILES string of the molecule is CC(Br)CNC(=O)Cc1ccc(F)cc1. The lowest BCUT2D eigenvalue weighted by atomic mass is 10.1. The molecule has 1 amide bonds. The predicted molar refractivity (Wildman–Crippen MR) is 61.5 cm³/mol. The molecular formula is C11H13BrFNO. The quantitative estimate of drug-likeness (QED) is 0.838. The summed E-state index contributed by atoms with van der Waals surface area (Å²) in [6.45, 7) is 2.55. The molecule has 1 atom stereocenters. The lowest BCUT2D eigenvalue weighted by Crippen LogP contribution is -2.29. The summed E-state index contributed by atoms with van der Waals surface area (Å²) in [6.07, 6.45) is 0.292. The highest BCUT2D eigenvalue weighted by Gasteiger charge is 2.04. The van der Waals surface area contributed by atoms with Gasteiger partial charge < -0.3 is 5.32 Å². The van der Waals surface area contributed by atoms with E-state index in [9.17, 15) is 9.18 Å². The van der Waals surface area contributed by atoms with E-state index in [-0.39, 0.29) is 16.6 Å². The molecule has 1 unspecified atom stereocenters. The molecular weight excluding hydrogens is 261 g/mol. The maximum Gasteiger partial charge on any atom is 0.224 e. The Bertz CT molecular complexity index is 324. The smallest absolute Gasteiger partial charge is 0.224 e. The number of hydrogen-bond donors (Lipinski definition) is 1. The average molecular weight is 274 g/mol. The maximum atomic E-state index is 12.6. The number of hydrogen-bond acceptors (Lipinski definition) is 1. The Balaban J connectivity index is 2.41. The van der Waals surface area contributed by atoms with E-state index in [1.807, 2.05) is 6.92 Å². The summed E-state index contributed by atoms with van der Waals surface area (Å²) in [5.41, 5.74) is 0.816. The van der Waals surface area contributed by atoms with Crippen molar-refractivity contribution in [1.82, 2.24) is 5.32 Å². The van der Waals surface area contributed by atoms with E-state index in [1.54, 1.807) is 12.1 Å². The number of benzene rings is 1. The van der Waals surface area contributed by atoms with E-state index >= 15 is 0 Å². The first kappa shape index (κ1) is 12.2. The largest absolute Gasteiger partial charge is 0.355 e. The molecule has 1 rings (SSSR count). The number of rotatable bonds is 4. The molecule has 0 fully saturated rings. The first-order chi connectivity index (χ1) is 7.08. The van der Waals surface area contributed by atoms with Crippen molar-refractivity contribution in [3.63, 3.8) is 0 Å². The normalized spacial score (nSPS) is 12.2. The fourth-order valence-corrected chi connectivity index (χ4v) is 1.27. The summed E-state index contributed by atoms with van der Waals surface area (Å²) in [5, 5.41) is 2.77. The molecule has 0 radical (unpaired) electrons. The van der Waals surface area contributed by atoms with Gasteiger partial charge in [0.05, 0.1) is 6.42 Å². The Labute approximate surface area is 97.0 Å². The molecule has 15 heavy (non-hydrogen) atoms. The summed E-state index contributed by atoms with van der Waals surface area (Å²) in [7, 11) is 0. The highest BCUT2D eigenvalue weighted by molar-refractivity contribution is 9.09. The Hall–Kier alpha value is -0.900. The first-order valence-corrected chi connectivity index (χ1v) is 5.64. The molecule has 82 valence electrons. The van der Waals surface area contributed by atoms with E-state index in [0.29, 0.717) is 13.0 Å². The van der Waals surface area contributed by atoms with Gasteiger partial charge in [0, 0.05) is 11.4 Å². The number of halogens is 2. The van der Waals surface area contributed by atoms with Crippen molar-refractivity contribution in [2.45, 2.75) is 18.2 Å². The topological polar surface area (TPSA) is 29.1 Å². The molecule has 0 aliphatic carbocycles. The van der Waals surface area contributed by atoms with Gasteiger partial charge in [-0.2, -0.15) is 0 Å². The lowest BCUT2D eigenvalue weighted by Gasteiger charge is -2.06. The van der Waals surface area contributed by atoms with Crippen LogP contribution in [0.5, 0.6) is 0 Å². The fraction of sp³-hybridized carbons (Fsp3) is 0.364. The minimum Gasteiger partial charge on any atom is -0.355 e. The third kappa shape index (κ3) is 4.93. The van der Waals surface area contributed by atoms with Crippen LogP contribution in [0, 0.1) is 5.82 Å². The average Bonchev–Trinajstić information content (AvgIpc) is 2.19. The van der Waals surface area contributed by atoms with Crippen molar-refractivity contribution in [2.24, 2.45) is 0 Å². The second kappa shape index (κ2) is 5.85. The van der Waals surface area contributed by atoms with Crippen LogP contribution in [0.25, 0.3) is 0 Å². The van der Waals surface area contributed by atoms with Crippen LogP contribution in [0.3, 0.4) is 0 Å². The van der Waals surface area contributed by atoms with Crippen LogP contribution in [-0.4, -0.2) is 17.3 Å². The monoisotopic (exact) mass is 273 g/mol. The van der Waals surface area contributed by atoms with Crippen molar-refractivity contribution in [3.05, 3.63) is 35.6 Å². The zero-order valence-electron chi connectivity index (χ0n) is 8.47. The minimum absolute atomic E-state index is 0.0482. The van der Waals surface area contributed by atoms with Crippen molar-refractivity contribution < 1.29 is 9.18 Å². The molecule has 2 nitrogen and oxygen atoms in total. The van der Waals surface area contributed by atoms with Gasteiger partial charge in [-0.1, -0.05) is 35.0 Å². The van der Waals surface area contributed by atoms with E-state index in [0.717, 1.165) is 5.56 Å². The van der Waals surface area contributed by atoms with Gasteiger partial charge in [-0.05, 0) is 17.7 Å². The van der Waals surface area contributed by atoms with Crippen LogP contribution in [-0.2, 0) is 11.2 Å². The van der Waals surface area contributed by atoms with E-state index < -0.39 is 0 Å². The highest BCUT2D eigenvalue weighted by Crippen LogP contribution is 2.03. The van der Waals surface area contributed by atoms with Crippen LogP contribution in [0.4, 0.5) is 4.39 Å². The molecule has 0 saturated carbocycles. The van der Waals surface area contributed by atoms with Crippen LogP contribution in [0.15, 0.2) is 24.3 Å². The summed E-state index contributed by atoms with van der Waals surface area (Å²) in [4.78, 5) is 11.6. The van der Waals surface area contributed by atoms with Gasteiger partial charge in [-0.3, -0.25) is 4.79 Å². The fourth-order valence-electron chi connectivity index (χ4n) is 1.10. The number of carbonyl (C=O) groups is 1. The van der Waals surface area contributed by atoms with Gasteiger partial charge >= 0.3 is 0 Å². The van der Waals surface area contributed by atoms with Gasteiger partial charge in [-0.25, -0.2) is 4.39 Å². The Morgan fingerprint density at radius 3 is 2.60 bits per heavy atom. The molecule has 0 aromatic heterocycles. The minimum atomic E-state index is -0.284. The molecule has 0 spiro atoms. The van der Waals surface area contributed by atoms with Gasteiger partial charge in [0.25, 0.3) is 0 Å². The van der Waals surface area contributed by atoms with Crippen molar-refractivity contribution in [1.29, 1.82) is 0 Å². The van der Waals surface area contributed by atoms with Gasteiger partial charge in [0.2, 0.25) is 5.91 Å². The number of nitrogens with one attached hydrogen (secondary N) is 1. The number of alkyl halides is 1. The summed E-state index contributed by atoms with van der Waals surface area (Å²) < 4.78 is 12.6. The molecule has 4 heteroatoms. The highest BCUT2D eigenvalue weighted by atomic mass is 79.9. The van der Waals surface area contributed by atoms with Gasteiger partial charge in [0.15, 0.2) is 0 Å². The third-order valence-corrected chi connectivity index (χ3v) is 2.18. The lowest BCUT2D eigenvalue weighted by molar-refractivity contribution is -0.120. The van der Waals surface area contributed by atoms with Crippen LogP contribution in [0.2, 0.25) is 0 Å². The number of carbonyl (C=O) groups excluding carboxylic acids is 1. The number of amides is 1. The van der Waals surface area contributed by atoms with Crippen molar-refractivity contribution >= 4 is 21.8 Å².